The molecule has 4 rings (SSSR count). The highest BCUT2D eigenvalue weighted by molar-refractivity contribution is 7.27. The molecule has 1 aliphatic heterocycles. The van der Waals surface area contributed by atoms with E-state index in [0.717, 1.165) is 12.4 Å². The van der Waals surface area contributed by atoms with Gasteiger partial charge in [-0.2, -0.15) is 0 Å². The van der Waals surface area contributed by atoms with Crippen LogP contribution in [-0.2, 0) is 5.41 Å². The summed E-state index contributed by atoms with van der Waals surface area (Å²) in [5.74, 6) is 1.00. The largest absolute Gasteiger partial charge is 0.492 e. The Morgan fingerprint density at radius 2 is 2.05 bits per heavy atom. The zero-order valence-corrected chi connectivity index (χ0v) is 13.7. The van der Waals surface area contributed by atoms with Crippen LogP contribution in [0, 0.1) is 0 Å². The van der Waals surface area contributed by atoms with Crippen molar-refractivity contribution < 1.29 is 4.74 Å². The number of hydrogen-bond acceptors (Lipinski definition) is 4. The van der Waals surface area contributed by atoms with E-state index in [2.05, 4.69) is 49.6 Å². The Bertz CT molecular complexity index is 787. The molecule has 0 spiro atoms. The first-order valence-electron chi connectivity index (χ1n) is 7.04. The minimum absolute atomic E-state index is 0.0590. The molecule has 2 N–H and O–H groups in total. The fourth-order valence-electron chi connectivity index (χ4n) is 2.83. The van der Waals surface area contributed by atoms with Crippen LogP contribution in [0.5, 0.6) is 5.75 Å². The lowest BCUT2D eigenvalue weighted by Gasteiger charge is -2.17. The summed E-state index contributed by atoms with van der Waals surface area (Å²) in [6, 6.07) is 10.7. The van der Waals surface area contributed by atoms with Gasteiger partial charge in [0.05, 0.1) is 12.6 Å². The van der Waals surface area contributed by atoms with E-state index in [1.54, 1.807) is 22.7 Å². The van der Waals surface area contributed by atoms with Gasteiger partial charge in [-0.1, -0.05) is 19.9 Å². The molecule has 3 aromatic rings. The predicted octanol–water partition coefficient (Wildman–Crippen LogP) is 4.68. The molecule has 1 unspecified atom stereocenters. The average Bonchev–Trinajstić information content (AvgIpc) is 3.11. The molecule has 1 aliphatic rings. The highest BCUT2D eigenvalue weighted by Crippen LogP contribution is 2.41. The van der Waals surface area contributed by atoms with Crippen LogP contribution in [0.3, 0.4) is 0 Å². The number of fused-ring (bicyclic) bond motifs is 2. The molecule has 0 amide bonds. The molecule has 1 atom stereocenters. The summed E-state index contributed by atoms with van der Waals surface area (Å²) in [5, 5.41) is 2.13. The molecular weight excluding hydrogens is 298 g/mol. The third-order valence-electron chi connectivity index (χ3n) is 4.15. The van der Waals surface area contributed by atoms with Gasteiger partial charge >= 0.3 is 0 Å². The van der Waals surface area contributed by atoms with Crippen molar-refractivity contribution in [3.63, 3.8) is 0 Å². The Hall–Kier alpha value is -1.36. The molecule has 108 valence electrons. The van der Waals surface area contributed by atoms with Gasteiger partial charge in [0.25, 0.3) is 0 Å². The first kappa shape index (κ1) is 13.3. The van der Waals surface area contributed by atoms with Crippen molar-refractivity contribution in [3.8, 4) is 5.75 Å². The fourth-order valence-corrected chi connectivity index (χ4v) is 4.98. The van der Waals surface area contributed by atoms with Crippen molar-refractivity contribution in [2.45, 2.75) is 25.3 Å². The van der Waals surface area contributed by atoms with E-state index in [4.69, 9.17) is 10.5 Å². The lowest BCUT2D eigenvalue weighted by atomic mass is 9.85. The Morgan fingerprint density at radius 1 is 1.19 bits per heavy atom. The maximum atomic E-state index is 6.50. The van der Waals surface area contributed by atoms with Crippen molar-refractivity contribution in [2.75, 3.05) is 6.61 Å². The Morgan fingerprint density at radius 3 is 2.86 bits per heavy atom. The van der Waals surface area contributed by atoms with E-state index >= 15 is 0 Å². The minimum Gasteiger partial charge on any atom is -0.492 e. The van der Waals surface area contributed by atoms with Crippen LogP contribution in [0.25, 0.3) is 9.40 Å². The zero-order chi connectivity index (χ0) is 14.6. The van der Waals surface area contributed by atoms with Gasteiger partial charge in [-0.15, -0.1) is 22.7 Å². The molecule has 1 aromatic carbocycles. The number of benzene rings is 1. The van der Waals surface area contributed by atoms with Gasteiger partial charge in [0, 0.05) is 25.3 Å². The Kier molecular flexibility index (Phi) is 2.89. The summed E-state index contributed by atoms with van der Waals surface area (Å²) in [6.07, 6.45) is 0. The summed E-state index contributed by atoms with van der Waals surface area (Å²) in [4.78, 5) is 1.23. The maximum Gasteiger partial charge on any atom is 0.123 e. The second-order valence-corrected chi connectivity index (χ2v) is 8.27. The van der Waals surface area contributed by atoms with Gasteiger partial charge < -0.3 is 10.5 Å². The molecule has 4 heteroatoms. The molecular formula is C17H17NOS2. The first-order chi connectivity index (χ1) is 10.0. The average molecular weight is 315 g/mol. The maximum absolute atomic E-state index is 6.50. The fraction of sp³-hybridized carbons (Fsp3) is 0.294. The van der Waals surface area contributed by atoms with E-state index in [9.17, 15) is 0 Å². The van der Waals surface area contributed by atoms with Gasteiger partial charge in [-0.25, -0.2) is 0 Å². The van der Waals surface area contributed by atoms with Gasteiger partial charge in [-0.3, -0.25) is 0 Å². The third kappa shape index (κ3) is 2.09. The molecule has 0 fully saturated rings. The summed E-state index contributed by atoms with van der Waals surface area (Å²) in [6.45, 7) is 5.18. The summed E-state index contributed by atoms with van der Waals surface area (Å²) in [5.41, 5.74) is 9.01. The molecule has 0 saturated heterocycles. The zero-order valence-electron chi connectivity index (χ0n) is 12.1. The summed E-state index contributed by atoms with van der Waals surface area (Å²) < 4.78 is 8.41. The van der Waals surface area contributed by atoms with Gasteiger partial charge in [0.15, 0.2) is 0 Å². The standard InChI is InChI=1S/C17H17NOS2/c1-17(2)9-19-12-4-3-10(7-11(12)17)16(18)15-8-14-13(21-15)5-6-20-14/h3-8,16H,9,18H2,1-2H3. The number of thiophene rings is 2. The summed E-state index contributed by atoms with van der Waals surface area (Å²) in [7, 11) is 0. The van der Waals surface area contributed by atoms with Crippen LogP contribution in [0.1, 0.15) is 35.9 Å². The van der Waals surface area contributed by atoms with Crippen molar-refractivity contribution in [2.24, 2.45) is 5.73 Å². The summed E-state index contributed by atoms with van der Waals surface area (Å²) >= 11 is 3.57. The number of nitrogens with two attached hydrogens (primary N) is 1. The van der Waals surface area contributed by atoms with Crippen molar-refractivity contribution >= 4 is 32.1 Å². The van der Waals surface area contributed by atoms with Crippen LogP contribution >= 0.6 is 22.7 Å². The quantitative estimate of drug-likeness (QED) is 0.745. The van der Waals surface area contributed by atoms with Crippen molar-refractivity contribution in [1.82, 2.24) is 0 Å². The molecule has 0 radical (unpaired) electrons. The van der Waals surface area contributed by atoms with Crippen molar-refractivity contribution in [1.29, 1.82) is 0 Å². The van der Waals surface area contributed by atoms with E-state index < -0.39 is 0 Å². The van der Waals surface area contributed by atoms with E-state index in [0.29, 0.717) is 0 Å². The highest BCUT2D eigenvalue weighted by atomic mass is 32.1. The Labute approximate surface area is 132 Å². The second kappa shape index (κ2) is 4.57. The van der Waals surface area contributed by atoms with E-state index in [1.807, 2.05) is 0 Å². The number of ether oxygens (including phenoxy) is 1. The lowest BCUT2D eigenvalue weighted by molar-refractivity contribution is 0.291. The van der Waals surface area contributed by atoms with Crippen LogP contribution in [-0.4, -0.2) is 6.61 Å². The Balaban J connectivity index is 1.75. The number of hydrogen-bond donors (Lipinski definition) is 1. The molecule has 0 aliphatic carbocycles. The molecule has 3 heterocycles. The van der Waals surface area contributed by atoms with Gasteiger partial charge in [0.2, 0.25) is 0 Å². The molecule has 0 saturated carbocycles. The number of rotatable bonds is 2. The smallest absolute Gasteiger partial charge is 0.123 e. The van der Waals surface area contributed by atoms with Crippen LogP contribution in [0.2, 0.25) is 0 Å². The normalized spacial score (nSPS) is 17.7. The van der Waals surface area contributed by atoms with Crippen LogP contribution in [0.15, 0.2) is 35.7 Å². The lowest BCUT2D eigenvalue weighted by Crippen LogP contribution is -2.19. The SMILES string of the molecule is CC1(C)COc2ccc(C(N)c3cc4sccc4s3)cc21. The topological polar surface area (TPSA) is 35.2 Å². The molecule has 2 nitrogen and oxygen atoms in total. The predicted molar refractivity (Wildman–Crippen MR) is 90.7 cm³/mol. The second-order valence-electron chi connectivity index (χ2n) is 6.20. The van der Waals surface area contributed by atoms with Gasteiger partial charge in [-0.05, 0) is 35.2 Å². The van der Waals surface area contributed by atoms with Crippen LogP contribution < -0.4 is 10.5 Å². The van der Waals surface area contributed by atoms with Gasteiger partial charge in [0.1, 0.15) is 5.75 Å². The highest BCUT2D eigenvalue weighted by Gasteiger charge is 2.32. The molecule has 21 heavy (non-hydrogen) atoms. The third-order valence-corrected chi connectivity index (χ3v) is 6.32. The molecule has 0 bridgehead atoms. The monoisotopic (exact) mass is 315 g/mol. The van der Waals surface area contributed by atoms with Crippen LogP contribution in [0.4, 0.5) is 0 Å². The van der Waals surface area contributed by atoms with E-state index in [1.165, 1.54) is 25.4 Å². The minimum atomic E-state index is -0.0590. The first-order valence-corrected chi connectivity index (χ1v) is 8.74. The molecule has 2 aromatic heterocycles. The van der Waals surface area contributed by atoms with E-state index in [-0.39, 0.29) is 11.5 Å². The van der Waals surface area contributed by atoms with Crippen molar-refractivity contribution in [3.05, 3.63) is 51.7 Å².